The Kier molecular flexibility index (Phi) is 6.95. The first-order chi connectivity index (χ1) is 16.1. The van der Waals surface area contributed by atoms with Gasteiger partial charge in [-0.1, -0.05) is 13.0 Å². The molecule has 1 saturated heterocycles. The minimum atomic E-state index is -0.290. The van der Waals surface area contributed by atoms with Crippen LogP contribution in [0.1, 0.15) is 56.2 Å². The number of aromatic nitrogens is 3. The van der Waals surface area contributed by atoms with Crippen LogP contribution in [0.3, 0.4) is 0 Å². The van der Waals surface area contributed by atoms with Crippen LogP contribution in [0.15, 0.2) is 52.8 Å². The van der Waals surface area contributed by atoms with Crippen LogP contribution in [0.4, 0.5) is 0 Å². The fourth-order valence-corrected chi connectivity index (χ4v) is 4.09. The summed E-state index contributed by atoms with van der Waals surface area (Å²) in [5, 5.41) is 17.0. The number of hydrogen-bond acceptors (Lipinski definition) is 8. The van der Waals surface area contributed by atoms with Gasteiger partial charge < -0.3 is 15.9 Å². The van der Waals surface area contributed by atoms with Crippen LogP contribution in [0.2, 0.25) is 0 Å². The van der Waals surface area contributed by atoms with Crippen LogP contribution in [-0.2, 0) is 0 Å². The second-order valence-electron chi connectivity index (χ2n) is 7.97. The molecule has 0 spiro atoms. The number of imidazole rings is 1. The molecule has 0 bridgehead atoms. The highest BCUT2D eigenvalue weighted by Gasteiger charge is 2.20. The number of aliphatic imine (C=N–C) groups is 1. The molecule has 3 aromatic heterocycles. The van der Waals surface area contributed by atoms with Crippen LogP contribution in [-0.4, -0.2) is 44.9 Å². The van der Waals surface area contributed by atoms with Crippen molar-refractivity contribution in [2.75, 3.05) is 13.1 Å². The number of rotatable bonds is 7. The van der Waals surface area contributed by atoms with Gasteiger partial charge >= 0.3 is 0 Å². The van der Waals surface area contributed by atoms with E-state index in [2.05, 4.69) is 26.5 Å². The maximum Gasteiger partial charge on any atom is 0.201 e. The smallest absolute Gasteiger partial charge is 0.201 e. The van der Waals surface area contributed by atoms with Gasteiger partial charge in [-0.15, -0.1) is 0 Å². The molecular weight excluding hydrogens is 416 g/mol. The molecule has 4 rings (SSSR count). The highest BCUT2D eigenvalue weighted by Crippen LogP contribution is 2.27. The quantitative estimate of drug-likeness (QED) is 0.328. The van der Waals surface area contributed by atoms with Gasteiger partial charge in [0, 0.05) is 17.8 Å². The molecule has 33 heavy (non-hydrogen) atoms. The van der Waals surface area contributed by atoms with Crippen molar-refractivity contribution in [2.24, 2.45) is 15.9 Å². The first kappa shape index (κ1) is 22.4. The molecule has 0 saturated carbocycles. The topological polar surface area (TPSA) is 126 Å². The number of nitriles is 1. The van der Waals surface area contributed by atoms with Crippen LogP contribution < -0.4 is 15.9 Å². The lowest BCUT2D eigenvalue weighted by molar-refractivity contribution is 0.185. The van der Waals surface area contributed by atoms with Gasteiger partial charge in [-0.05, 0) is 57.5 Å². The van der Waals surface area contributed by atoms with E-state index < -0.39 is 0 Å². The number of ether oxygens (including phenoxy) is 1. The van der Waals surface area contributed by atoms with Gasteiger partial charge in [-0.3, -0.25) is 14.4 Å². The van der Waals surface area contributed by atoms with E-state index >= 15 is 0 Å². The first-order valence-corrected chi connectivity index (χ1v) is 11.2. The van der Waals surface area contributed by atoms with Crippen molar-refractivity contribution in [3.63, 3.8) is 0 Å². The minimum Gasteiger partial charge on any atom is -0.469 e. The lowest BCUT2D eigenvalue weighted by Crippen LogP contribution is -2.31. The van der Waals surface area contributed by atoms with Crippen molar-refractivity contribution in [1.82, 2.24) is 19.7 Å². The molecule has 9 nitrogen and oxygen atoms in total. The molecule has 0 aliphatic carbocycles. The summed E-state index contributed by atoms with van der Waals surface area (Å²) in [4.78, 5) is 13.7. The number of hydrogen-bond donors (Lipinski definition) is 2. The van der Waals surface area contributed by atoms with Gasteiger partial charge in [0.25, 0.3) is 0 Å². The average Bonchev–Trinajstić information content (AvgIpc) is 3.27. The fourth-order valence-electron chi connectivity index (χ4n) is 4.09. The van der Waals surface area contributed by atoms with Crippen LogP contribution in [0.25, 0.3) is 5.65 Å². The summed E-state index contributed by atoms with van der Waals surface area (Å²) < 4.78 is 8.09. The van der Waals surface area contributed by atoms with E-state index in [1.54, 1.807) is 10.6 Å². The first-order valence-electron chi connectivity index (χ1n) is 11.2. The number of nitrogens with one attached hydrogen (secondary N) is 1. The lowest BCUT2D eigenvalue weighted by Gasteiger charge is -2.21. The molecule has 0 aromatic carbocycles. The molecule has 0 unspecified atom stereocenters. The number of hydrazone groups is 1. The monoisotopic (exact) mass is 444 g/mol. The Hall–Kier alpha value is -3.77. The third-order valence-corrected chi connectivity index (χ3v) is 5.77. The number of pyridine rings is 2. The fraction of sp³-hybridized carbons (Fsp3) is 0.375. The lowest BCUT2D eigenvalue weighted by atomic mass is 10.0. The predicted molar refractivity (Wildman–Crippen MR) is 128 cm³/mol. The summed E-state index contributed by atoms with van der Waals surface area (Å²) in [6.45, 7) is 5.87. The number of piperidine rings is 1. The van der Waals surface area contributed by atoms with Gasteiger partial charge in [-0.25, -0.2) is 4.98 Å². The number of fused-ring (bicyclic) bond motifs is 1. The zero-order valence-electron chi connectivity index (χ0n) is 18.9. The van der Waals surface area contributed by atoms with Gasteiger partial charge in [-0.2, -0.15) is 10.4 Å². The Bertz CT molecular complexity index is 1200. The van der Waals surface area contributed by atoms with Gasteiger partial charge in [0.05, 0.1) is 23.6 Å². The standard InChI is InChI=1S/C24H28N8O/c1-3-21(20-6-4-5-9-28-20)33-23-13-17(12-22-29-15-19(14-25)32(22)23)24(31-26)16(2)30-18-7-10-27-11-8-18/h4-6,9,12-13,15,18,21,27H,3,7-8,10-11,26H2,1-2H3/b30-16?,31-24+/t21-/m1/s1. The molecule has 1 atom stereocenters. The van der Waals surface area contributed by atoms with E-state index in [1.807, 2.05) is 44.2 Å². The summed E-state index contributed by atoms with van der Waals surface area (Å²) in [6.07, 6.45) is 5.65. The normalized spacial score (nSPS) is 16.5. The highest BCUT2D eigenvalue weighted by molar-refractivity contribution is 6.47. The zero-order chi connectivity index (χ0) is 23.2. The van der Waals surface area contributed by atoms with Gasteiger partial charge in [0.15, 0.2) is 0 Å². The SMILES string of the molecule is CC[C@@H](Oc1cc(/C(=N/N)C(C)=NC2CCNCC2)cc2ncc(C#N)n12)c1ccccn1. The Morgan fingerprint density at radius 3 is 2.82 bits per heavy atom. The molecule has 0 amide bonds. The Balaban J connectivity index is 1.75. The Morgan fingerprint density at radius 1 is 1.33 bits per heavy atom. The largest absolute Gasteiger partial charge is 0.469 e. The Labute approximate surface area is 193 Å². The molecule has 4 heterocycles. The van der Waals surface area contributed by atoms with Crippen LogP contribution in [0, 0.1) is 11.3 Å². The molecule has 170 valence electrons. The van der Waals surface area contributed by atoms with Crippen LogP contribution in [0.5, 0.6) is 5.88 Å². The summed E-state index contributed by atoms with van der Waals surface area (Å²) in [7, 11) is 0. The molecule has 0 radical (unpaired) electrons. The third-order valence-electron chi connectivity index (χ3n) is 5.77. The number of nitrogens with two attached hydrogens (primary N) is 1. The zero-order valence-corrected chi connectivity index (χ0v) is 18.9. The summed E-state index contributed by atoms with van der Waals surface area (Å²) >= 11 is 0. The molecule has 1 aliphatic rings. The maximum atomic E-state index is 9.61. The minimum absolute atomic E-state index is 0.243. The van der Waals surface area contributed by atoms with Crippen molar-refractivity contribution in [1.29, 1.82) is 5.26 Å². The maximum absolute atomic E-state index is 9.61. The van der Waals surface area contributed by atoms with Crippen molar-refractivity contribution < 1.29 is 4.74 Å². The van der Waals surface area contributed by atoms with Crippen molar-refractivity contribution >= 4 is 17.1 Å². The molecule has 3 N–H and O–H groups in total. The van der Waals surface area contributed by atoms with Gasteiger partial charge in [0.1, 0.15) is 29.2 Å². The third kappa shape index (κ3) is 4.86. The van der Waals surface area contributed by atoms with Crippen molar-refractivity contribution in [3.8, 4) is 11.9 Å². The molecule has 1 fully saturated rings. The highest BCUT2D eigenvalue weighted by atomic mass is 16.5. The molecule has 1 aliphatic heterocycles. The summed E-state index contributed by atoms with van der Waals surface area (Å²) in [6, 6.07) is 11.8. The van der Waals surface area contributed by atoms with E-state index in [0.29, 0.717) is 29.4 Å². The average molecular weight is 445 g/mol. The van der Waals surface area contributed by atoms with E-state index in [9.17, 15) is 5.26 Å². The van der Waals surface area contributed by atoms with E-state index in [4.69, 9.17) is 15.6 Å². The van der Waals surface area contributed by atoms with Crippen LogP contribution >= 0.6 is 0 Å². The van der Waals surface area contributed by atoms with Crippen molar-refractivity contribution in [2.45, 2.75) is 45.3 Å². The molecule has 9 heteroatoms. The van der Waals surface area contributed by atoms with E-state index in [0.717, 1.165) is 42.9 Å². The van der Waals surface area contributed by atoms with Crippen molar-refractivity contribution in [3.05, 3.63) is 59.7 Å². The summed E-state index contributed by atoms with van der Waals surface area (Å²) in [5.41, 5.74) is 3.85. The molecule has 3 aromatic rings. The summed E-state index contributed by atoms with van der Waals surface area (Å²) in [5.74, 6) is 6.30. The Morgan fingerprint density at radius 2 is 2.15 bits per heavy atom. The van der Waals surface area contributed by atoms with Gasteiger partial charge in [0.2, 0.25) is 5.88 Å². The number of nitrogens with zero attached hydrogens (tertiary/aromatic N) is 6. The van der Waals surface area contributed by atoms with E-state index in [1.165, 1.54) is 6.20 Å². The second kappa shape index (κ2) is 10.2. The second-order valence-corrected chi connectivity index (χ2v) is 7.97. The predicted octanol–water partition coefficient (Wildman–Crippen LogP) is 3.01. The van der Waals surface area contributed by atoms with E-state index in [-0.39, 0.29) is 12.1 Å². The molecular formula is C24H28N8O.